The molecule has 0 bridgehead atoms. The van der Waals surface area contributed by atoms with E-state index in [9.17, 15) is 9.59 Å². The van der Waals surface area contributed by atoms with Gasteiger partial charge in [-0.25, -0.2) is 4.79 Å². The number of hydrogen-bond acceptors (Lipinski definition) is 3. The summed E-state index contributed by atoms with van der Waals surface area (Å²) in [5.41, 5.74) is 1.86. The number of amides is 1. The highest BCUT2D eigenvalue weighted by Gasteiger charge is 2.23. The Labute approximate surface area is 144 Å². The fourth-order valence-corrected chi connectivity index (χ4v) is 2.65. The van der Waals surface area contributed by atoms with Gasteiger partial charge in [0.1, 0.15) is 11.3 Å². The van der Waals surface area contributed by atoms with Gasteiger partial charge in [0.25, 0.3) is 5.91 Å². The van der Waals surface area contributed by atoms with Crippen LogP contribution in [-0.2, 0) is 7.05 Å². The molecule has 7 nitrogen and oxygen atoms in total. The molecule has 128 valence electrons. The lowest BCUT2D eigenvalue weighted by molar-refractivity contribution is 0.0690. The van der Waals surface area contributed by atoms with Crippen LogP contribution in [0.25, 0.3) is 5.69 Å². The van der Waals surface area contributed by atoms with E-state index < -0.39 is 11.9 Å². The van der Waals surface area contributed by atoms with Gasteiger partial charge in [0.15, 0.2) is 0 Å². The number of rotatable bonds is 5. The van der Waals surface area contributed by atoms with Crippen LogP contribution in [0.2, 0.25) is 0 Å². The maximum Gasteiger partial charge on any atom is 0.339 e. The molecule has 0 aliphatic carbocycles. The van der Waals surface area contributed by atoms with Crippen molar-refractivity contribution in [3.05, 3.63) is 71.8 Å². The Morgan fingerprint density at radius 1 is 1.16 bits per heavy atom. The van der Waals surface area contributed by atoms with Crippen molar-refractivity contribution in [1.29, 1.82) is 0 Å². The van der Waals surface area contributed by atoms with Crippen LogP contribution in [0, 0.1) is 0 Å². The molecule has 0 saturated heterocycles. The zero-order chi connectivity index (χ0) is 18.0. The molecule has 0 aliphatic heterocycles. The molecule has 2 heterocycles. The Hall–Kier alpha value is -3.35. The largest absolute Gasteiger partial charge is 0.478 e. The molecule has 7 heteroatoms. The highest BCUT2D eigenvalue weighted by molar-refractivity contribution is 6.03. The number of aromatic nitrogens is 3. The average molecular weight is 338 g/mol. The quantitative estimate of drug-likeness (QED) is 0.747. The Balaban J connectivity index is 1.76. The summed E-state index contributed by atoms with van der Waals surface area (Å²) in [6.07, 6.45) is 5.08. The molecule has 1 atom stereocenters. The molecule has 0 unspecified atom stereocenters. The summed E-state index contributed by atoms with van der Waals surface area (Å²) in [5.74, 6) is -1.65. The second-order valence-corrected chi connectivity index (χ2v) is 5.71. The van der Waals surface area contributed by atoms with E-state index >= 15 is 0 Å². The minimum atomic E-state index is -1.18. The van der Waals surface area contributed by atoms with Gasteiger partial charge < -0.3 is 15.0 Å². The minimum Gasteiger partial charge on any atom is -0.478 e. The summed E-state index contributed by atoms with van der Waals surface area (Å²) in [6, 6.07) is 11.4. The van der Waals surface area contributed by atoms with Gasteiger partial charge in [0, 0.05) is 25.1 Å². The Bertz CT molecular complexity index is 895. The molecule has 0 spiro atoms. The van der Waals surface area contributed by atoms with Gasteiger partial charge in [-0.3, -0.25) is 9.48 Å². The minimum absolute atomic E-state index is 0.0308. The molecular formula is C18H18N4O3. The number of carboxylic acids is 1. The van der Waals surface area contributed by atoms with Gasteiger partial charge in [-0.2, -0.15) is 5.10 Å². The van der Waals surface area contributed by atoms with Gasteiger partial charge in [-0.15, -0.1) is 0 Å². The summed E-state index contributed by atoms with van der Waals surface area (Å²) in [6.45, 7) is 1.85. The Kier molecular flexibility index (Phi) is 4.38. The van der Waals surface area contributed by atoms with Crippen LogP contribution in [0.5, 0.6) is 0 Å². The predicted octanol–water partition coefficient (Wildman–Crippen LogP) is 2.40. The number of nitrogens with zero attached hydrogens (tertiary/aromatic N) is 3. The molecule has 3 aromatic rings. The van der Waals surface area contributed by atoms with Crippen molar-refractivity contribution in [1.82, 2.24) is 19.7 Å². The molecule has 2 N–H and O–H groups in total. The lowest BCUT2D eigenvalue weighted by Crippen LogP contribution is -2.29. The van der Waals surface area contributed by atoms with E-state index in [-0.39, 0.29) is 17.3 Å². The molecule has 0 radical (unpaired) electrons. The van der Waals surface area contributed by atoms with E-state index in [1.54, 1.807) is 0 Å². The lowest BCUT2D eigenvalue weighted by Gasteiger charge is -2.15. The molecule has 1 amide bonds. The maximum atomic E-state index is 12.4. The first-order valence-electron chi connectivity index (χ1n) is 7.77. The second kappa shape index (κ2) is 6.64. The number of carbonyl (C=O) groups is 2. The Morgan fingerprint density at radius 2 is 1.80 bits per heavy atom. The monoisotopic (exact) mass is 338 g/mol. The van der Waals surface area contributed by atoms with Crippen molar-refractivity contribution in [2.75, 3.05) is 0 Å². The fourth-order valence-electron chi connectivity index (χ4n) is 2.65. The van der Waals surface area contributed by atoms with Crippen molar-refractivity contribution in [2.45, 2.75) is 13.0 Å². The zero-order valence-corrected chi connectivity index (χ0v) is 13.9. The van der Waals surface area contributed by atoms with E-state index in [1.807, 2.05) is 60.3 Å². The van der Waals surface area contributed by atoms with E-state index in [0.29, 0.717) is 0 Å². The van der Waals surface area contributed by atoms with Gasteiger partial charge in [0.2, 0.25) is 0 Å². The number of aryl methyl sites for hydroxylation is 1. The van der Waals surface area contributed by atoms with Crippen LogP contribution in [0.1, 0.15) is 39.4 Å². The number of aromatic carboxylic acids is 1. The van der Waals surface area contributed by atoms with Crippen LogP contribution in [0.15, 0.2) is 55.0 Å². The number of hydrogen-bond donors (Lipinski definition) is 2. The molecule has 1 aromatic carbocycles. The molecule has 0 aliphatic rings. The normalized spacial score (nSPS) is 11.9. The summed E-state index contributed by atoms with van der Waals surface area (Å²) in [7, 11) is 1.54. The molecule has 2 aromatic heterocycles. The number of carboxylic acid groups (broad SMARTS) is 1. The Morgan fingerprint density at radius 3 is 2.40 bits per heavy atom. The summed E-state index contributed by atoms with van der Waals surface area (Å²) in [5, 5.41) is 15.8. The fraction of sp³-hybridized carbons (Fsp3) is 0.167. The zero-order valence-electron chi connectivity index (χ0n) is 13.9. The molecular weight excluding hydrogens is 320 g/mol. The molecule has 0 saturated carbocycles. The second-order valence-electron chi connectivity index (χ2n) is 5.71. The highest BCUT2D eigenvalue weighted by atomic mass is 16.4. The highest BCUT2D eigenvalue weighted by Crippen LogP contribution is 2.17. The summed E-state index contributed by atoms with van der Waals surface area (Å²) < 4.78 is 3.25. The van der Waals surface area contributed by atoms with Crippen LogP contribution >= 0.6 is 0 Å². The maximum absolute atomic E-state index is 12.4. The van der Waals surface area contributed by atoms with Crippen molar-refractivity contribution in [2.24, 2.45) is 7.05 Å². The SMILES string of the molecule is C[C@@H](NC(=O)c1c(C(=O)O)cnn1C)c1ccc(-n2cccc2)cc1. The predicted molar refractivity (Wildman–Crippen MR) is 91.8 cm³/mol. The third kappa shape index (κ3) is 3.30. The van der Waals surface area contributed by atoms with E-state index in [4.69, 9.17) is 5.11 Å². The van der Waals surface area contributed by atoms with Crippen LogP contribution in [0.3, 0.4) is 0 Å². The van der Waals surface area contributed by atoms with E-state index in [0.717, 1.165) is 11.3 Å². The number of benzene rings is 1. The van der Waals surface area contributed by atoms with E-state index in [2.05, 4.69) is 10.4 Å². The summed E-state index contributed by atoms with van der Waals surface area (Å²) >= 11 is 0. The summed E-state index contributed by atoms with van der Waals surface area (Å²) in [4.78, 5) is 23.7. The molecule has 3 rings (SSSR count). The van der Waals surface area contributed by atoms with Crippen molar-refractivity contribution in [3.63, 3.8) is 0 Å². The lowest BCUT2D eigenvalue weighted by atomic mass is 10.1. The first-order valence-corrected chi connectivity index (χ1v) is 7.77. The topological polar surface area (TPSA) is 89.2 Å². The molecule has 0 fully saturated rings. The van der Waals surface area contributed by atoms with Crippen LogP contribution in [-0.4, -0.2) is 31.3 Å². The van der Waals surface area contributed by atoms with Crippen LogP contribution in [0.4, 0.5) is 0 Å². The third-order valence-electron chi connectivity index (χ3n) is 4.03. The van der Waals surface area contributed by atoms with Crippen LogP contribution < -0.4 is 5.32 Å². The van der Waals surface area contributed by atoms with E-state index in [1.165, 1.54) is 17.9 Å². The third-order valence-corrected chi connectivity index (χ3v) is 4.03. The first kappa shape index (κ1) is 16.5. The van der Waals surface area contributed by atoms with Gasteiger partial charge in [-0.1, -0.05) is 12.1 Å². The van der Waals surface area contributed by atoms with Crippen molar-refractivity contribution < 1.29 is 14.7 Å². The van der Waals surface area contributed by atoms with Crippen molar-refractivity contribution >= 4 is 11.9 Å². The standard InChI is InChI=1S/C18H18N4O3/c1-12(13-5-7-14(8-6-13)22-9-3-4-10-22)20-17(23)16-15(18(24)25)11-19-21(16)2/h3-12H,1-2H3,(H,20,23)(H,24,25)/t12-/m1/s1. The van der Waals surface area contributed by atoms with Gasteiger partial charge >= 0.3 is 5.97 Å². The van der Waals surface area contributed by atoms with Crippen molar-refractivity contribution in [3.8, 4) is 5.69 Å². The first-order chi connectivity index (χ1) is 12.0. The average Bonchev–Trinajstić information content (AvgIpc) is 3.24. The van der Waals surface area contributed by atoms with Gasteiger partial charge in [0.05, 0.1) is 12.2 Å². The molecule has 25 heavy (non-hydrogen) atoms. The number of nitrogens with one attached hydrogen (secondary N) is 1. The van der Waals surface area contributed by atoms with Gasteiger partial charge in [-0.05, 0) is 36.8 Å². The smallest absolute Gasteiger partial charge is 0.339 e. The number of carbonyl (C=O) groups excluding carboxylic acids is 1.